The number of ether oxygens (including phenoxy) is 1. The first-order chi connectivity index (χ1) is 13.4. The third kappa shape index (κ3) is 3.04. The van der Waals surface area contributed by atoms with Crippen molar-refractivity contribution in [3.05, 3.63) is 35.3 Å². The van der Waals surface area contributed by atoms with E-state index in [0.29, 0.717) is 30.1 Å². The van der Waals surface area contributed by atoms with Gasteiger partial charge in [0, 0.05) is 23.7 Å². The highest BCUT2D eigenvalue weighted by Gasteiger charge is 2.31. The zero-order chi connectivity index (χ0) is 20.0. The van der Waals surface area contributed by atoms with Gasteiger partial charge in [-0.2, -0.15) is 0 Å². The van der Waals surface area contributed by atoms with Crippen LogP contribution in [-0.4, -0.2) is 38.8 Å². The molecular weight excluding hydrogens is 358 g/mol. The molecule has 0 spiro atoms. The number of rotatable bonds is 5. The van der Waals surface area contributed by atoms with Gasteiger partial charge in [-0.3, -0.25) is 14.0 Å². The summed E-state index contributed by atoms with van der Waals surface area (Å²) in [7, 11) is 0. The fraction of sp³-hybridized carbons (Fsp3) is 0.400. The summed E-state index contributed by atoms with van der Waals surface area (Å²) in [6, 6.07) is 3.57. The molecule has 0 unspecified atom stereocenters. The van der Waals surface area contributed by atoms with Crippen molar-refractivity contribution in [2.24, 2.45) is 11.7 Å². The lowest BCUT2D eigenvalue weighted by Gasteiger charge is -2.19. The summed E-state index contributed by atoms with van der Waals surface area (Å²) in [6.07, 6.45) is 3.27. The van der Waals surface area contributed by atoms with Gasteiger partial charge in [0.05, 0.1) is 17.3 Å². The van der Waals surface area contributed by atoms with Crippen molar-refractivity contribution in [3.8, 4) is 5.88 Å². The van der Waals surface area contributed by atoms with E-state index in [2.05, 4.69) is 22.2 Å². The first-order valence-corrected chi connectivity index (χ1v) is 9.39. The van der Waals surface area contributed by atoms with Crippen LogP contribution in [0.2, 0.25) is 0 Å². The van der Waals surface area contributed by atoms with Gasteiger partial charge in [-0.1, -0.05) is 13.3 Å². The molecule has 28 heavy (non-hydrogen) atoms. The zero-order valence-corrected chi connectivity index (χ0v) is 16.2. The number of amides is 2. The fourth-order valence-corrected chi connectivity index (χ4v) is 3.91. The van der Waals surface area contributed by atoms with Crippen LogP contribution < -0.4 is 15.8 Å². The molecule has 1 aliphatic heterocycles. The van der Waals surface area contributed by atoms with E-state index in [9.17, 15) is 9.59 Å². The van der Waals surface area contributed by atoms with Crippen LogP contribution >= 0.6 is 0 Å². The van der Waals surface area contributed by atoms with Crippen molar-refractivity contribution in [2.45, 2.75) is 39.7 Å². The molecule has 2 atom stereocenters. The van der Waals surface area contributed by atoms with Gasteiger partial charge < -0.3 is 15.8 Å². The number of nitrogens with two attached hydrogens (primary N) is 1. The van der Waals surface area contributed by atoms with Crippen molar-refractivity contribution in [3.63, 3.8) is 0 Å². The number of hydrogen-bond acceptors (Lipinski definition) is 5. The largest absolute Gasteiger partial charge is 0.474 e. The molecule has 0 radical (unpaired) electrons. The van der Waals surface area contributed by atoms with Crippen LogP contribution in [0.5, 0.6) is 5.88 Å². The predicted molar refractivity (Wildman–Crippen MR) is 104 cm³/mol. The second-order valence-electron chi connectivity index (χ2n) is 7.36. The van der Waals surface area contributed by atoms with Crippen LogP contribution in [0.4, 0.5) is 0 Å². The molecule has 146 valence electrons. The van der Waals surface area contributed by atoms with Gasteiger partial charge in [-0.25, -0.2) is 9.97 Å². The Balaban J connectivity index is 1.81. The smallest absolute Gasteiger partial charge is 0.252 e. The maximum Gasteiger partial charge on any atom is 0.252 e. The molecule has 3 aromatic heterocycles. The number of aryl methyl sites for hydroxylation is 2. The molecule has 1 fully saturated rings. The summed E-state index contributed by atoms with van der Waals surface area (Å²) in [4.78, 5) is 32.7. The molecule has 0 aromatic carbocycles. The van der Waals surface area contributed by atoms with Crippen LogP contribution in [-0.2, 0) is 4.79 Å². The molecule has 0 bridgehead atoms. The summed E-state index contributed by atoms with van der Waals surface area (Å²) in [5.74, 6) is 0.222. The molecule has 1 saturated heterocycles. The van der Waals surface area contributed by atoms with Crippen molar-refractivity contribution in [2.75, 3.05) is 6.61 Å². The van der Waals surface area contributed by atoms with Crippen LogP contribution in [0.15, 0.2) is 18.3 Å². The second-order valence-corrected chi connectivity index (χ2v) is 7.36. The summed E-state index contributed by atoms with van der Waals surface area (Å²) in [5, 5.41) is 3.78. The monoisotopic (exact) mass is 381 g/mol. The lowest BCUT2D eigenvalue weighted by atomic mass is 9.98. The molecule has 4 rings (SSSR count). The molecule has 0 aliphatic carbocycles. The van der Waals surface area contributed by atoms with Crippen molar-refractivity contribution in [1.82, 2.24) is 19.7 Å². The van der Waals surface area contributed by atoms with Crippen LogP contribution in [0.25, 0.3) is 16.6 Å². The van der Waals surface area contributed by atoms with Crippen LogP contribution in [0, 0.1) is 19.8 Å². The Bertz CT molecular complexity index is 1100. The fourth-order valence-electron chi connectivity index (χ4n) is 3.91. The molecule has 8 nitrogen and oxygen atoms in total. The Kier molecular flexibility index (Phi) is 4.41. The SMILES string of the molecule is CC[C@@H]1CC(=O)N[C@@H]1COc1nc(C)cc2cc(C(N)=O)c3nc(C)cn3c12. The van der Waals surface area contributed by atoms with Gasteiger partial charge in [0.15, 0.2) is 5.65 Å². The summed E-state index contributed by atoms with van der Waals surface area (Å²) < 4.78 is 7.89. The Morgan fingerprint density at radius 1 is 1.32 bits per heavy atom. The van der Waals surface area contributed by atoms with E-state index in [1.54, 1.807) is 10.5 Å². The number of aromatic nitrogens is 3. The summed E-state index contributed by atoms with van der Waals surface area (Å²) in [5.41, 5.74) is 8.64. The number of imidazole rings is 1. The topological polar surface area (TPSA) is 112 Å². The highest BCUT2D eigenvalue weighted by atomic mass is 16.5. The third-order valence-corrected chi connectivity index (χ3v) is 5.28. The molecule has 4 heterocycles. The maximum atomic E-state index is 11.9. The van der Waals surface area contributed by atoms with E-state index < -0.39 is 5.91 Å². The van der Waals surface area contributed by atoms with E-state index >= 15 is 0 Å². The molecule has 1 aliphatic rings. The molecule has 0 saturated carbocycles. The lowest BCUT2D eigenvalue weighted by molar-refractivity contribution is -0.119. The Morgan fingerprint density at radius 3 is 2.82 bits per heavy atom. The quantitative estimate of drug-likeness (QED) is 0.701. The molecule has 2 amide bonds. The highest BCUT2D eigenvalue weighted by Crippen LogP contribution is 2.29. The first kappa shape index (κ1) is 18.2. The van der Waals surface area contributed by atoms with Gasteiger partial charge in [0.2, 0.25) is 11.8 Å². The number of pyridine rings is 2. The van der Waals surface area contributed by atoms with Gasteiger partial charge >= 0.3 is 0 Å². The predicted octanol–water partition coefficient (Wildman–Crippen LogP) is 1.89. The molecule has 3 N–H and O–H groups in total. The third-order valence-electron chi connectivity index (χ3n) is 5.28. The van der Waals surface area contributed by atoms with E-state index in [4.69, 9.17) is 10.5 Å². The molecule has 3 aromatic rings. The number of nitrogens with zero attached hydrogens (tertiary/aromatic N) is 3. The van der Waals surface area contributed by atoms with Crippen molar-refractivity contribution in [1.29, 1.82) is 0 Å². The maximum absolute atomic E-state index is 11.9. The second kappa shape index (κ2) is 6.78. The van der Waals surface area contributed by atoms with E-state index in [0.717, 1.165) is 28.7 Å². The Labute approximate surface area is 162 Å². The number of nitrogens with one attached hydrogen (secondary N) is 1. The normalized spacial score (nSPS) is 19.3. The van der Waals surface area contributed by atoms with Gasteiger partial charge in [0.25, 0.3) is 5.91 Å². The minimum atomic E-state index is -0.533. The van der Waals surface area contributed by atoms with Gasteiger partial charge in [0.1, 0.15) is 12.1 Å². The van der Waals surface area contributed by atoms with Gasteiger partial charge in [-0.15, -0.1) is 0 Å². The van der Waals surface area contributed by atoms with Crippen molar-refractivity contribution < 1.29 is 14.3 Å². The highest BCUT2D eigenvalue weighted by molar-refractivity contribution is 6.03. The van der Waals surface area contributed by atoms with E-state index in [-0.39, 0.29) is 17.9 Å². The van der Waals surface area contributed by atoms with Crippen molar-refractivity contribution >= 4 is 28.4 Å². The molecular formula is C20H23N5O3. The van der Waals surface area contributed by atoms with Crippen LogP contribution in [0.3, 0.4) is 0 Å². The zero-order valence-electron chi connectivity index (χ0n) is 16.2. The average Bonchev–Trinajstić information content (AvgIpc) is 3.19. The Hall–Kier alpha value is -3.16. The van der Waals surface area contributed by atoms with Crippen LogP contribution in [0.1, 0.15) is 41.5 Å². The standard InChI is InChI=1S/C20H23N5O3/c1-4-12-7-16(26)24-15(12)9-28-20-17-13(5-10(2)23-20)6-14(18(21)27)19-22-11(3)8-25(17)19/h5-6,8,12,15H,4,7,9H2,1-3H3,(H2,21,27)(H,24,26)/t12-,15-/m1/s1. The van der Waals surface area contributed by atoms with Gasteiger partial charge in [-0.05, 0) is 31.9 Å². The number of fused-ring (bicyclic) bond motifs is 3. The number of primary amides is 1. The lowest BCUT2D eigenvalue weighted by Crippen LogP contribution is -2.34. The van der Waals surface area contributed by atoms with E-state index in [1.807, 2.05) is 26.1 Å². The molecule has 8 heteroatoms. The Morgan fingerprint density at radius 2 is 2.11 bits per heavy atom. The van der Waals surface area contributed by atoms with E-state index in [1.165, 1.54) is 0 Å². The first-order valence-electron chi connectivity index (χ1n) is 9.39. The minimum Gasteiger partial charge on any atom is -0.474 e. The number of carbonyl (C=O) groups excluding carboxylic acids is 2. The number of carbonyl (C=O) groups is 2. The number of hydrogen-bond donors (Lipinski definition) is 2. The summed E-state index contributed by atoms with van der Waals surface area (Å²) >= 11 is 0. The average molecular weight is 381 g/mol. The summed E-state index contributed by atoms with van der Waals surface area (Å²) in [6.45, 7) is 6.13. The minimum absolute atomic E-state index is 0.0419.